The fourth-order valence-electron chi connectivity index (χ4n) is 0.492. The van der Waals surface area contributed by atoms with Crippen LogP contribution in [0.1, 0.15) is 12.8 Å². The maximum atomic E-state index is 10.3. The summed E-state index contributed by atoms with van der Waals surface area (Å²) in [5, 5.41) is 25.2. The molecule has 98 valence electrons. The standard InChI is InChI=1S/C4H10N4O.C4H6O4/c1-7-3(5)8(2)4(6)9;5-3(6)1-2-4(7)8/h1-2H3,(H2,5,7)(H2,6,9);1-2H2,(H,5,6)(H,7,8). The van der Waals surface area contributed by atoms with E-state index in [1.165, 1.54) is 7.05 Å². The summed E-state index contributed by atoms with van der Waals surface area (Å²) in [7, 11) is 2.96. The van der Waals surface area contributed by atoms with E-state index in [1.54, 1.807) is 7.05 Å². The Morgan fingerprint density at radius 2 is 1.59 bits per heavy atom. The van der Waals surface area contributed by atoms with Crippen LogP contribution < -0.4 is 11.1 Å². The molecule has 0 bridgehead atoms. The molecule has 0 radical (unpaired) electrons. The van der Waals surface area contributed by atoms with E-state index in [9.17, 15) is 14.4 Å². The number of carboxylic acid groups (broad SMARTS) is 2. The quantitative estimate of drug-likeness (QED) is 0.321. The Balaban J connectivity index is 0. The number of carbonyl (C=O) groups is 3. The predicted molar refractivity (Wildman–Crippen MR) is 58.6 cm³/mol. The van der Waals surface area contributed by atoms with E-state index in [4.69, 9.17) is 21.4 Å². The number of carbonyl (C=O) groups excluding carboxylic acids is 1. The molecule has 0 saturated carbocycles. The van der Waals surface area contributed by atoms with Gasteiger partial charge >= 0.3 is 18.0 Å². The molecule has 0 unspecified atom stereocenters. The number of nitrogens with two attached hydrogens (primary N) is 1. The Labute approximate surface area is 97.7 Å². The van der Waals surface area contributed by atoms with Crippen molar-refractivity contribution < 1.29 is 24.6 Å². The molecule has 0 atom stereocenters. The second-order valence-corrected chi connectivity index (χ2v) is 2.78. The van der Waals surface area contributed by atoms with Crippen LogP contribution in [-0.4, -0.2) is 53.1 Å². The Bertz CT molecular complexity index is 290. The molecule has 0 saturated heterocycles. The van der Waals surface area contributed by atoms with Crippen molar-refractivity contribution in [2.45, 2.75) is 12.8 Å². The number of urea groups is 1. The minimum absolute atomic E-state index is 0.0116. The van der Waals surface area contributed by atoms with Gasteiger partial charge in [0.2, 0.25) is 0 Å². The van der Waals surface area contributed by atoms with Crippen LogP contribution in [0.2, 0.25) is 0 Å². The first-order chi connectivity index (χ1) is 7.72. The minimum atomic E-state index is -1.08. The average Bonchev–Trinajstić information content (AvgIpc) is 2.24. The largest absolute Gasteiger partial charge is 0.481 e. The van der Waals surface area contributed by atoms with Crippen LogP contribution in [-0.2, 0) is 9.59 Å². The second kappa shape index (κ2) is 8.95. The summed E-state index contributed by atoms with van der Waals surface area (Å²) in [5.74, 6) is -2.16. The maximum Gasteiger partial charge on any atom is 0.321 e. The monoisotopic (exact) mass is 248 g/mol. The maximum absolute atomic E-state index is 10.3. The van der Waals surface area contributed by atoms with Gasteiger partial charge in [-0.05, 0) is 0 Å². The van der Waals surface area contributed by atoms with Crippen LogP contribution in [0, 0.1) is 5.41 Å². The summed E-state index contributed by atoms with van der Waals surface area (Å²) in [6.45, 7) is 0. The summed E-state index contributed by atoms with van der Waals surface area (Å²) in [6.07, 6.45) is -0.593. The number of nitrogens with one attached hydrogen (secondary N) is 2. The highest BCUT2D eigenvalue weighted by Crippen LogP contribution is 1.86. The Hall–Kier alpha value is -2.32. The number of hydrogen-bond acceptors (Lipinski definition) is 4. The first-order valence-electron chi connectivity index (χ1n) is 4.45. The van der Waals surface area contributed by atoms with Crippen LogP contribution in [0.4, 0.5) is 4.79 Å². The molecule has 17 heavy (non-hydrogen) atoms. The highest BCUT2D eigenvalue weighted by Gasteiger charge is 2.05. The highest BCUT2D eigenvalue weighted by molar-refractivity contribution is 5.93. The highest BCUT2D eigenvalue weighted by atomic mass is 16.4. The zero-order valence-electron chi connectivity index (χ0n) is 9.56. The summed E-state index contributed by atoms with van der Waals surface area (Å²) in [6, 6.07) is -0.644. The van der Waals surface area contributed by atoms with Gasteiger partial charge < -0.3 is 21.3 Å². The van der Waals surface area contributed by atoms with Crippen molar-refractivity contribution in [2.24, 2.45) is 5.73 Å². The van der Waals surface area contributed by atoms with E-state index in [2.05, 4.69) is 5.32 Å². The van der Waals surface area contributed by atoms with Crippen LogP contribution in [0.5, 0.6) is 0 Å². The van der Waals surface area contributed by atoms with Gasteiger partial charge in [0.1, 0.15) is 0 Å². The number of hydrogen-bond donors (Lipinski definition) is 5. The summed E-state index contributed by atoms with van der Waals surface area (Å²) >= 11 is 0. The molecular formula is C8H16N4O5. The average molecular weight is 248 g/mol. The van der Waals surface area contributed by atoms with Crippen molar-refractivity contribution in [2.75, 3.05) is 14.1 Å². The van der Waals surface area contributed by atoms with E-state index in [-0.39, 0.29) is 18.8 Å². The smallest absolute Gasteiger partial charge is 0.321 e. The molecule has 0 aliphatic rings. The van der Waals surface area contributed by atoms with Gasteiger partial charge in [-0.15, -0.1) is 0 Å². The molecule has 0 aromatic rings. The first-order valence-corrected chi connectivity index (χ1v) is 4.45. The van der Waals surface area contributed by atoms with Gasteiger partial charge in [0.25, 0.3) is 0 Å². The predicted octanol–water partition coefficient (Wildman–Crippen LogP) is -0.913. The van der Waals surface area contributed by atoms with Crippen molar-refractivity contribution in [3.63, 3.8) is 0 Å². The second-order valence-electron chi connectivity index (χ2n) is 2.78. The molecule has 0 aromatic carbocycles. The van der Waals surface area contributed by atoms with Gasteiger partial charge in [-0.2, -0.15) is 0 Å². The summed E-state index contributed by atoms with van der Waals surface area (Å²) in [4.78, 5) is 30.5. The van der Waals surface area contributed by atoms with Gasteiger partial charge in [0.05, 0.1) is 12.8 Å². The third kappa shape index (κ3) is 11.6. The SMILES string of the molecule is CNC(=N)N(C)C(N)=O.O=C(O)CCC(=O)O. The Morgan fingerprint density at radius 3 is 1.71 bits per heavy atom. The third-order valence-electron chi connectivity index (χ3n) is 1.46. The number of guanidine groups is 1. The number of aliphatic carboxylic acids is 2. The van der Waals surface area contributed by atoms with Crippen LogP contribution in [0.15, 0.2) is 0 Å². The van der Waals surface area contributed by atoms with E-state index in [0.29, 0.717) is 0 Å². The molecule has 0 aromatic heterocycles. The van der Waals surface area contributed by atoms with Gasteiger partial charge in [-0.1, -0.05) is 0 Å². The number of amides is 2. The zero-order valence-corrected chi connectivity index (χ0v) is 9.56. The lowest BCUT2D eigenvalue weighted by Crippen LogP contribution is -2.42. The third-order valence-corrected chi connectivity index (χ3v) is 1.46. The molecule has 0 spiro atoms. The number of primary amides is 1. The lowest BCUT2D eigenvalue weighted by molar-refractivity contribution is -0.143. The summed E-state index contributed by atoms with van der Waals surface area (Å²) in [5.41, 5.74) is 4.82. The van der Waals surface area contributed by atoms with Crippen molar-refractivity contribution in [1.29, 1.82) is 5.41 Å². The van der Waals surface area contributed by atoms with Gasteiger partial charge in [0.15, 0.2) is 5.96 Å². The van der Waals surface area contributed by atoms with E-state index >= 15 is 0 Å². The lowest BCUT2D eigenvalue weighted by Gasteiger charge is -2.13. The molecule has 0 heterocycles. The number of rotatable bonds is 3. The molecule has 2 amide bonds. The Morgan fingerprint density at radius 1 is 1.24 bits per heavy atom. The molecule has 0 aliphatic heterocycles. The topological polar surface area (TPSA) is 157 Å². The normalized spacial score (nSPS) is 8.35. The minimum Gasteiger partial charge on any atom is -0.481 e. The number of carboxylic acids is 2. The van der Waals surface area contributed by atoms with Crippen molar-refractivity contribution >= 4 is 23.9 Å². The van der Waals surface area contributed by atoms with Crippen LogP contribution in [0.25, 0.3) is 0 Å². The van der Waals surface area contributed by atoms with Crippen LogP contribution >= 0.6 is 0 Å². The molecule has 0 rings (SSSR count). The van der Waals surface area contributed by atoms with Gasteiger partial charge in [-0.25, -0.2) is 4.79 Å². The molecule has 0 aliphatic carbocycles. The van der Waals surface area contributed by atoms with Crippen LogP contribution in [0.3, 0.4) is 0 Å². The van der Waals surface area contributed by atoms with Crippen molar-refractivity contribution in [3.8, 4) is 0 Å². The number of nitrogens with zero attached hydrogens (tertiary/aromatic N) is 1. The van der Waals surface area contributed by atoms with E-state index < -0.39 is 18.0 Å². The first kappa shape index (κ1) is 17.1. The van der Waals surface area contributed by atoms with Crippen molar-refractivity contribution in [1.82, 2.24) is 10.2 Å². The molecule has 6 N–H and O–H groups in total. The zero-order chi connectivity index (χ0) is 14.0. The van der Waals surface area contributed by atoms with Crippen molar-refractivity contribution in [3.05, 3.63) is 0 Å². The molecule has 0 fully saturated rings. The lowest BCUT2D eigenvalue weighted by atomic mass is 10.3. The van der Waals surface area contributed by atoms with E-state index in [1.807, 2.05) is 0 Å². The summed E-state index contributed by atoms with van der Waals surface area (Å²) < 4.78 is 0. The van der Waals surface area contributed by atoms with E-state index in [0.717, 1.165) is 4.90 Å². The molecular weight excluding hydrogens is 232 g/mol. The molecule has 9 nitrogen and oxygen atoms in total. The fourth-order valence-corrected chi connectivity index (χ4v) is 0.492. The fraction of sp³-hybridized carbons (Fsp3) is 0.500. The van der Waals surface area contributed by atoms with Gasteiger partial charge in [0, 0.05) is 14.1 Å². The molecule has 9 heteroatoms. The van der Waals surface area contributed by atoms with Gasteiger partial charge in [-0.3, -0.25) is 19.9 Å². The Kier molecular flexibility index (Phi) is 8.99.